The maximum atomic E-state index is 12.8. The molecule has 2 aliphatic heterocycles. The van der Waals surface area contributed by atoms with Gasteiger partial charge in [0.25, 0.3) is 5.56 Å². The average molecular weight is 407 g/mol. The summed E-state index contributed by atoms with van der Waals surface area (Å²) in [6.45, 7) is 3.74. The lowest BCUT2D eigenvalue weighted by Crippen LogP contribution is -2.48. The minimum absolute atomic E-state index is 0.0125. The van der Waals surface area contributed by atoms with Gasteiger partial charge in [-0.25, -0.2) is 0 Å². The zero-order chi connectivity index (χ0) is 20.9. The van der Waals surface area contributed by atoms with Crippen LogP contribution in [0.2, 0.25) is 0 Å². The second-order valence-corrected chi connectivity index (χ2v) is 7.67. The van der Waals surface area contributed by atoms with Crippen LogP contribution in [0.3, 0.4) is 0 Å². The first-order chi connectivity index (χ1) is 13.6. The molecule has 2 aromatic heterocycles. The molecule has 0 atom stereocenters. The Morgan fingerprint density at radius 3 is 2.66 bits per heavy atom. The number of fused-ring (bicyclic) bond motifs is 1. The van der Waals surface area contributed by atoms with Crippen LogP contribution in [0.25, 0.3) is 0 Å². The molecule has 0 saturated carbocycles. The van der Waals surface area contributed by atoms with Gasteiger partial charge in [0.15, 0.2) is 5.69 Å². The van der Waals surface area contributed by atoms with Crippen LogP contribution in [-0.4, -0.2) is 38.7 Å². The molecule has 0 unspecified atom stereocenters. The molecule has 0 spiro atoms. The topological polar surface area (TPSA) is 71.3 Å². The summed E-state index contributed by atoms with van der Waals surface area (Å²) in [5, 5.41) is 6.56. The lowest BCUT2D eigenvalue weighted by molar-refractivity contribution is -0.141. The van der Waals surface area contributed by atoms with Crippen molar-refractivity contribution in [2.45, 2.75) is 32.6 Å². The third-order valence-corrected chi connectivity index (χ3v) is 5.66. The Balaban J connectivity index is 1.36. The summed E-state index contributed by atoms with van der Waals surface area (Å²) in [6.07, 6.45) is -2.91. The fourth-order valence-electron chi connectivity index (χ4n) is 3.91. The molecule has 1 saturated heterocycles. The minimum atomic E-state index is -4.54. The van der Waals surface area contributed by atoms with Crippen LogP contribution in [0, 0.1) is 12.8 Å². The van der Waals surface area contributed by atoms with Crippen molar-refractivity contribution in [3.63, 3.8) is 0 Å². The van der Waals surface area contributed by atoms with E-state index in [1.807, 2.05) is 6.92 Å². The van der Waals surface area contributed by atoms with E-state index in [0.717, 1.165) is 22.9 Å². The summed E-state index contributed by atoms with van der Waals surface area (Å²) in [4.78, 5) is 28.1. The standard InChI is InChI=1S/C19H20F3N5O2/c1-11-3-17(28)25(2)15-10-27(9-14(11)15)18(29)4-12-7-26(8-12)13-5-16(19(20,21)22)24-23-6-13/h3,5-6,12H,4,7-10H2,1-2H3. The van der Waals surface area contributed by atoms with Crippen LogP contribution in [0.4, 0.5) is 18.9 Å². The molecule has 0 radical (unpaired) electrons. The summed E-state index contributed by atoms with van der Waals surface area (Å²) in [7, 11) is 1.70. The smallest absolute Gasteiger partial charge is 0.369 e. The SMILES string of the molecule is Cc1cc(=O)n(C)c2c1CN(C(=O)CC1CN(c3cnnc(C(F)(F)F)c3)C1)C2. The number of aromatic nitrogens is 3. The van der Waals surface area contributed by atoms with E-state index in [-0.39, 0.29) is 17.4 Å². The van der Waals surface area contributed by atoms with E-state index in [1.54, 1.807) is 27.5 Å². The Morgan fingerprint density at radius 1 is 1.24 bits per heavy atom. The van der Waals surface area contributed by atoms with Gasteiger partial charge in [-0.1, -0.05) is 0 Å². The third kappa shape index (κ3) is 3.58. The lowest BCUT2D eigenvalue weighted by Gasteiger charge is -2.41. The zero-order valence-electron chi connectivity index (χ0n) is 16.0. The quantitative estimate of drug-likeness (QED) is 0.777. The van der Waals surface area contributed by atoms with Crippen LogP contribution in [0.5, 0.6) is 0 Å². The molecular weight excluding hydrogens is 387 g/mol. The largest absolute Gasteiger partial charge is 0.435 e. The van der Waals surface area contributed by atoms with E-state index in [0.29, 0.717) is 38.3 Å². The van der Waals surface area contributed by atoms with Gasteiger partial charge in [-0.2, -0.15) is 18.3 Å². The number of carbonyl (C=O) groups is 1. The average Bonchev–Trinajstić information content (AvgIpc) is 3.08. The summed E-state index contributed by atoms with van der Waals surface area (Å²) < 4.78 is 39.9. The summed E-state index contributed by atoms with van der Waals surface area (Å²) >= 11 is 0. The fraction of sp³-hybridized carbons (Fsp3) is 0.474. The van der Waals surface area contributed by atoms with Crippen molar-refractivity contribution in [3.05, 3.63) is 51.2 Å². The van der Waals surface area contributed by atoms with E-state index in [9.17, 15) is 22.8 Å². The van der Waals surface area contributed by atoms with Crippen LogP contribution in [0.1, 0.15) is 28.9 Å². The molecule has 4 rings (SSSR count). The van der Waals surface area contributed by atoms with Gasteiger partial charge in [0.1, 0.15) is 0 Å². The zero-order valence-corrected chi connectivity index (χ0v) is 16.0. The van der Waals surface area contributed by atoms with E-state index >= 15 is 0 Å². The minimum Gasteiger partial charge on any atom is -0.369 e. The first-order valence-electron chi connectivity index (χ1n) is 9.24. The second-order valence-electron chi connectivity index (χ2n) is 7.67. The number of amides is 1. The molecule has 29 heavy (non-hydrogen) atoms. The lowest BCUT2D eigenvalue weighted by atomic mass is 9.95. The fourth-order valence-corrected chi connectivity index (χ4v) is 3.91. The third-order valence-electron chi connectivity index (χ3n) is 5.66. The Bertz CT molecular complexity index is 1030. The Hall–Kier alpha value is -2.91. The molecule has 0 N–H and O–H groups in total. The van der Waals surface area contributed by atoms with Crippen molar-refractivity contribution < 1.29 is 18.0 Å². The van der Waals surface area contributed by atoms with Gasteiger partial charge in [0.2, 0.25) is 5.91 Å². The molecule has 0 bridgehead atoms. The molecule has 7 nitrogen and oxygen atoms in total. The maximum absolute atomic E-state index is 12.8. The number of aryl methyl sites for hydroxylation is 1. The van der Waals surface area contributed by atoms with Crippen LogP contribution in [-0.2, 0) is 31.1 Å². The van der Waals surface area contributed by atoms with Crippen molar-refractivity contribution in [2.75, 3.05) is 18.0 Å². The molecule has 2 aliphatic rings. The molecule has 154 valence electrons. The van der Waals surface area contributed by atoms with Crippen molar-refractivity contribution in [2.24, 2.45) is 13.0 Å². The molecule has 2 aromatic rings. The van der Waals surface area contributed by atoms with Gasteiger partial charge in [-0.05, 0) is 24.1 Å². The van der Waals surface area contributed by atoms with Crippen molar-refractivity contribution in [1.82, 2.24) is 19.7 Å². The highest BCUT2D eigenvalue weighted by Gasteiger charge is 2.36. The Morgan fingerprint density at radius 2 is 1.97 bits per heavy atom. The molecule has 1 fully saturated rings. The number of halogens is 3. The number of rotatable bonds is 3. The number of pyridine rings is 1. The van der Waals surface area contributed by atoms with Crippen molar-refractivity contribution >= 4 is 11.6 Å². The second kappa shape index (κ2) is 6.85. The van der Waals surface area contributed by atoms with Gasteiger partial charge in [0.05, 0.1) is 18.4 Å². The number of hydrogen-bond acceptors (Lipinski definition) is 5. The van der Waals surface area contributed by atoms with E-state index in [4.69, 9.17) is 0 Å². The van der Waals surface area contributed by atoms with Crippen LogP contribution in [0.15, 0.2) is 23.1 Å². The molecule has 4 heterocycles. The maximum Gasteiger partial charge on any atom is 0.435 e. The van der Waals surface area contributed by atoms with Crippen LogP contribution < -0.4 is 10.5 Å². The molecular formula is C19H20F3N5O2. The summed E-state index contributed by atoms with van der Waals surface area (Å²) in [5.41, 5.74) is 2.01. The van der Waals surface area contributed by atoms with Crippen LogP contribution >= 0.6 is 0 Å². The normalized spacial score (nSPS) is 16.7. The summed E-state index contributed by atoms with van der Waals surface area (Å²) in [5.74, 6) is 0.0557. The molecule has 1 amide bonds. The van der Waals surface area contributed by atoms with E-state index < -0.39 is 11.9 Å². The predicted octanol–water partition coefficient (Wildman–Crippen LogP) is 1.87. The number of alkyl halides is 3. The highest BCUT2D eigenvalue weighted by molar-refractivity contribution is 5.77. The first-order valence-corrected chi connectivity index (χ1v) is 9.24. The highest BCUT2D eigenvalue weighted by atomic mass is 19.4. The molecule has 0 aliphatic carbocycles. The van der Waals surface area contributed by atoms with Gasteiger partial charge < -0.3 is 14.4 Å². The Kier molecular flexibility index (Phi) is 4.59. The first kappa shape index (κ1) is 19.4. The van der Waals surface area contributed by atoms with Crippen molar-refractivity contribution in [1.29, 1.82) is 0 Å². The number of carbonyl (C=O) groups excluding carboxylic acids is 1. The van der Waals surface area contributed by atoms with E-state index in [1.165, 1.54) is 6.20 Å². The summed E-state index contributed by atoms with van der Waals surface area (Å²) in [6, 6.07) is 2.56. The molecule has 10 heteroatoms. The number of nitrogens with zero attached hydrogens (tertiary/aromatic N) is 5. The number of anilines is 1. The number of hydrogen-bond donors (Lipinski definition) is 0. The van der Waals surface area contributed by atoms with Gasteiger partial charge in [0, 0.05) is 50.8 Å². The highest BCUT2D eigenvalue weighted by Crippen LogP contribution is 2.33. The Labute approximate surface area is 164 Å². The molecule has 0 aromatic carbocycles. The van der Waals surface area contributed by atoms with Crippen molar-refractivity contribution in [3.8, 4) is 0 Å². The van der Waals surface area contributed by atoms with E-state index in [2.05, 4.69) is 10.2 Å². The van der Waals surface area contributed by atoms with Gasteiger partial charge in [-0.3, -0.25) is 9.59 Å². The van der Waals surface area contributed by atoms with Gasteiger partial charge >= 0.3 is 6.18 Å². The van der Waals surface area contributed by atoms with Gasteiger partial charge in [-0.15, -0.1) is 5.10 Å². The predicted molar refractivity (Wildman–Crippen MR) is 98.0 cm³/mol. The monoisotopic (exact) mass is 407 g/mol.